The molecule has 0 saturated carbocycles. The number of rotatable bonds is 1. The molecule has 0 aliphatic carbocycles. The van der Waals surface area contributed by atoms with Crippen molar-refractivity contribution < 1.29 is 9.50 Å². The van der Waals surface area contributed by atoms with Crippen molar-refractivity contribution in [3.63, 3.8) is 0 Å². The Morgan fingerprint density at radius 3 is 2.85 bits per heavy atom. The maximum absolute atomic E-state index is 12.9. The molecular weight excluding hydrogens is 169 g/mol. The van der Waals surface area contributed by atoms with Crippen LogP contribution in [0.5, 0.6) is 0 Å². The Labute approximate surface area is 75.2 Å². The Hall–Kier alpha value is -1.35. The van der Waals surface area contributed by atoms with E-state index < -0.39 is 0 Å². The Morgan fingerprint density at radius 2 is 2.15 bits per heavy atom. The molecule has 1 heterocycles. The largest absolute Gasteiger partial charge is 0.390 e. The second kappa shape index (κ2) is 2.85. The first-order valence-electron chi connectivity index (χ1n) is 4.07. The predicted octanol–water partition coefficient (Wildman–Crippen LogP) is 1.81. The molecule has 3 heteroatoms. The van der Waals surface area contributed by atoms with Gasteiger partial charge < -0.3 is 9.67 Å². The SMILES string of the molecule is Cn1c(CO)cc2ccc(F)cc21. The molecule has 0 amide bonds. The molecule has 2 nitrogen and oxygen atoms in total. The van der Waals surface area contributed by atoms with Crippen molar-refractivity contribution in [1.82, 2.24) is 4.57 Å². The van der Waals surface area contributed by atoms with Crippen molar-refractivity contribution >= 4 is 10.9 Å². The van der Waals surface area contributed by atoms with Crippen LogP contribution in [0.1, 0.15) is 5.69 Å². The van der Waals surface area contributed by atoms with Crippen LogP contribution in [-0.2, 0) is 13.7 Å². The zero-order chi connectivity index (χ0) is 9.42. The summed E-state index contributed by atoms with van der Waals surface area (Å²) in [4.78, 5) is 0. The van der Waals surface area contributed by atoms with Gasteiger partial charge in [-0.2, -0.15) is 0 Å². The number of benzene rings is 1. The Morgan fingerprint density at radius 1 is 1.38 bits per heavy atom. The zero-order valence-electron chi connectivity index (χ0n) is 7.29. The van der Waals surface area contributed by atoms with E-state index in [2.05, 4.69) is 0 Å². The second-order valence-corrected chi connectivity index (χ2v) is 3.06. The van der Waals surface area contributed by atoms with Gasteiger partial charge in [0.25, 0.3) is 0 Å². The van der Waals surface area contributed by atoms with Crippen LogP contribution in [-0.4, -0.2) is 9.67 Å². The number of halogens is 1. The van der Waals surface area contributed by atoms with Gasteiger partial charge in [0, 0.05) is 18.1 Å². The summed E-state index contributed by atoms with van der Waals surface area (Å²) in [6.07, 6.45) is 0. The average Bonchev–Trinajstić information content (AvgIpc) is 2.44. The highest BCUT2D eigenvalue weighted by Gasteiger charge is 2.04. The van der Waals surface area contributed by atoms with Crippen molar-refractivity contribution in [1.29, 1.82) is 0 Å². The highest BCUT2D eigenvalue weighted by atomic mass is 19.1. The second-order valence-electron chi connectivity index (χ2n) is 3.06. The molecule has 0 fully saturated rings. The molecule has 2 rings (SSSR count). The molecule has 1 aromatic heterocycles. The fraction of sp³-hybridized carbons (Fsp3) is 0.200. The number of aliphatic hydroxyl groups is 1. The van der Waals surface area contributed by atoms with Gasteiger partial charge in [-0.1, -0.05) is 0 Å². The lowest BCUT2D eigenvalue weighted by Crippen LogP contribution is -1.94. The first kappa shape index (κ1) is 8.26. The van der Waals surface area contributed by atoms with Gasteiger partial charge in [0.1, 0.15) is 5.82 Å². The molecule has 0 radical (unpaired) electrons. The van der Waals surface area contributed by atoms with E-state index in [9.17, 15) is 4.39 Å². The summed E-state index contributed by atoms with van der Waals surface area (Å²) >= 11 is 0. The van der Waals surface area contributed by atoms with E-state index >= 15 is 0 Å². The van der Waals surface area contributed by atoms with Gasteiger partial charge >= 0.3 is 0 Å². The van der Waals surface area contributed by atoms with Crippen LogP contribution in [0.2, 0.25) is 0 Å². The van der Waals surface area contributed by atoms with E-state index in [-0.39, 0.29) is 12.4 Å². The first-order chi connectivity index (χ1) is 6.22. The third kappa shape index (κ3) is 1.21. The van der Waals surface area contributed by atoms with Crippen LogP contribution in [0, 0.1) is 5.82 Å². The monoisotopic (exact) mass is 179 g/mol. The fourth-order valence-electron chi connectivity index (χ4n) is 1.51. The third-order valence-electron chi connectivity index (χ3n) is 2.27. The van der Waals surface area contributed by atoms with Crippen LogP contribution < -0.4 is 0 Å². The summed E-state index contributed by atoms with van der Waals surface area (Å²) < 4.78 is 14.6. The van der Waals surface area contributed by atoms with Crippen LogP contribution in [0.3, 0.4) is 0 Å². The molecule has 0 aliphatic heterocycles. The summed E-state index contributed by atoms with van der Waals surface area (Å²) in [5.41, 5.74) is 1.60. The van der Waals surface area contributed by atoms with E-state index in [4.69, 9.17) is 5.11 Å². The Balaban J connectivity index is 2.77. The lowest BCUT2D eigenvalue weighted by Gasteiger charge is -1.99. The Kier molecular flexibility index (Phi) is 1.81. The number of aryl methyl sites for hydroxylation is 1. The van der Waals surface area contributed by atoms with Gasteiger partial charge in [-0.15, -0.1) is 0 Å². The van der Waals surface area contributed by atoms with E-state index in [1.54, 1.807) is 10.6 Å². The normalized spacial score (nSPS) is 11.0. The minimum absolute atomic E-state index is 0.0210. The molecule has 0 saturated heterocycles. The van der Waals surface area contributed by atoms with Gasteiger partial charge in [-0.05, 0) is 24.3 Å². The lowest BCUT2D eigenvalue weighted by molar-refractivity contribution is 0.273. The number of aromatic nitrogens is 1. The van der Waals surface area contributed by atoms with E-state index in [0.29, 0.717) is 0 Å². The van der Waals surface area contributed by atoms with Crippen molar-refractivity contribution in [2.75, 3.05) is 0 Å². The lowest BCUT2D eigenvalue weighted by atomic mass is 10.2. The molecule has 0 unspecified atom stereocenters. The highest BCUT2D eigenvalue weighted by molar-refractivity contribution is 5.81. The van der Waals surface area contributed by atoms with Crippen LogP contribution in [0.15, 0.2) is 24.3 Å². The van der Waals surface area contributed by atoms with Gasteiger partial charge in [0.05, 0.1) is 12.1 Å². The van der Waals surface area contributed by atoms with E-state index in [1.165, 1.54) is 12.1 Å². The van der Waals surface area contributed by atoms with E-state index in [1.807, 2.05) is 13.1 Å². The summed E-state index contributed by atoms with van der Waals surface area (Å²) in [5.74, 6) is -0.252. The highest BCUT2D eigenvalue weighted by Crippen LogP contribution is 2.19. The molecular formula is C10H10FNO. The summed E-state index contributed by atoms with van der Waals surface area (Å²) in [7, 11) is 1.81. The van der Waals surface area contributed by atoms with Crippen molar-refractivity contribution in [3.8, 4) is 0 Å². The number of hydrogen-bond acceptors (Lipinski definition) is 1. The molecule has 1 aromatic carbocycles. The van der Waals surface area contributed by atoms with Gasteiger partial charge in [-0.25, -0.2) is 4.39 Å². The standard InChI is InChI=1S/C10H10FNO/c1-12-9(6-13)4-7-2-3-8(11)5-10(7)12/h2-5,13H,6H2,1H3. The molecule has 68 valence electrons. The average molecular weight is 179 g/mol. The van der Waals surface area contributed by atoms with Gasteiger partial charge in [-0.3, -0.25) is 0 Å². The fourth-order valence-corrected chi connectivity index (χ4v) is 1.51. The summed E-state index contributed by atoms with van der Waals surface area (Å²) in [6, 6.07) is 6.45. The van der Waals surface area contributed by atoms with Crippen molar-refractivity contribution in [2.45, 2.75) is 6.61 Å². The number of aliphatic hydroxyl groups excluding tert-OH is 1. The number of hydrogen-bond donors (Lipinski definition) is 1. The van der Waals surface area contributed by atoms with Crippen molar-refractivity contribution in [2.24, 2.45) is 7.05 Å². The quantitative estimate of drug-likeness (QED) is 0.709. The van der Waals surface area contributed by atoms with E-state index in [0.717, 1.165) is 16.6 Å². The summed E-state index contributed by atoms with van der Waals surface area (Å²) in [6.45, 7) is -0.0210. The molecule has 0 spiro atoms. The van der Waals surface area contributed by atoms with Gasteiger partial charge in [0.15, 0.2) is 0 Å². The van der Waals surface area contributed by atoms with Gasteiger partial charge in [0.2, 0.25) is 0 Å². The Bertz CT molecular complexity index is 447. The zero-order valence-corrected chi connectivity index (χ0v) is 7.29. The smallest absolute Gasteiger partial charge is 0.125 e. The van der Waals surface area contributed by atoms with Crippen LogP contribution in [0.4, 0.5) is 4.39 Å². The van der Waals surface area contributed by atoms with Crippen LogP contribution >= 0.6 is 0 Å². The molecule has 1 N–H and O–H groups in total. The molecule has 0 bridgehead atoms. The first-order valence-corrected chi connectivity index (χ1v) is 4.07. The predicted molar refractivity (Wildman–Crippen MR) is 48.8 cm³/mol. The molecule has 13 heavy (non-hydrogen) atoms. The number of nitrogens with zero attached hydrogens (tertiary/aromatic N) is 1. The number of fused-ring (bicyclic) bond motifs is 1. The summed E-state index contributed by atoms with van der Waals surface area (Å²) in [5, 5.41) is 9.93. The minimum Gasteiger partial charge on any atom is -0.390 e. The minimum atomic E-state index is -0.252. The molecule has 0 atom stereocenters. The third-order valence-corrected chi connectivity index (χ3v) is 2.27. The topological polar surface area (TPSA) is 25.2 Å². The van der Waals surface area contributed by atoms with Crippen LogP contribution in [0.25, 0.3) is 10.9 Å². The molecule has 0 aliphatic rings. The van der Waals surface area contributed by atoms with Crippen molar-refractivity contribution in [3.05, 3.63) is 35.8 Å². The maximum Gasteiger partial charge on any atom is 0.125 e. The maximum atomic E-state index is 12.9. The molecule has 2 aromatic rings.